The van der Waals surface area contributed by atoms with Gasteiger partial charge in [0.1, 0.15) is 0 Å². The Morgan fingerprint density at radius 3 is 1.79 bits per heavy atom. The number of ether oxygens (including phenoxy) is 1. The molecule has 0 heterocycles. The minimum Gasteiger partial charge on any atom is -0.392 e. The van der Waals surface area contributed by atoms with Crippen molar-refractivity contribution in [2.45, 2.75) is 123 Å². The van der Waals surface area contributed by atoms with Crippen LogP contribution >= 0.6 is 0 Å². The van der Waals surface area contributed by atoms with Gasteiger partial charge in [-0.2, -0.15) is 0 Å². The second-order valence-corrected chi connectivity index (χ2v) is 9.24. The topological polar surface area (TPSA) is 41.5 Å². The van der Waals surface area contributed by atoms with E-state index in [2.05, 4.69) is 25.7 Å². The fraction of sp³-hybridized carbons (Fsp3) is 0.920. The summed E-state index contributed by atoms with van der Waals surface area (Å²) >= 11 is 0. The summed E-state index contributed by atoms with van der Waals surface area (Å²) in [7, 11) is 0. The zero-order chi connectivity index (χ0) is 21.0. The van der Waals surface area contributed by atoms with Crippen molar-refractivity contribution in [2.75, 3.05) is 19.7 Å². The maximum atomic E-state index is 9.32. The van der Waals surface area contributed by atoms with Gasteiger partial charge in [0.2, 0.25) is 0 Å². The molecule has 0 aliphatic heterocycles. The fourth-order valence-electron chi connectivity index (χ4n) is 3.48. The first-order chi connectivity index (χ1) is 13.4. The van der Waals surface area contributed by atoms with Gasteiger partial charge in [0.05, 0.1) is 18.8 Å². The van der Waals surface area contributed by atoms with Crippen molar-refractivity contribution >= 4 is 0 Å². The van der Waals surface area contributed by atoms with Gasteiger partial charge < -0.3 is 15.2 Å². The van der Waals surface area contributed by atoms with Crippen LogP contribution < -0.4 is 5.32 Å². The average Bonchev–Trinajstić information content (AvgIpc) is 2.62. The van der Waals surface area contributed by atoms with Crippen LogP contribution in [0.25, 0.3) is 0 Å². The summed E-state index contributed by atoms with van der Waals surface area (Å²) in [6.07, 6.45) is 17.4. The Morgan fingerprint density at radius 1 is 0.821 bits per heavy atom. The van der Waals surface area contributed by atoms with E-state index < -0.39 is 0 Å². The first kappa shape index (κ1) is 27.6. The second-order valence-electron chi connectivity index (χ2n) is 9.24. The van der Waals surface area contributed by atoms with Crippen LogP contribution in [0.3, 0.4) is 0 Å². The smallest absolute Gasteiger partial charge is 0.0675 e. The molecule has 0 bridgehead atoms. The number of aliphatic hydroxyl groups is 1. The maximum absolute atomic E-state index is 9.32. The molecule has 3 nitrogen and oxygen atoms in total. The molecule has 28 heavy (non-hydrogen) atoms. The third kappa shape index (κ3) is 21.9. The van der Waals surface area contributed by atoms with Gasteiger partial charge in [-0.15, -0.1) is 0 Å². The van der Waals surface area contributed by atoms with Gasteiger partial charge in [-0.1, -0.05) is 96.6 Å². The summed E-state index contributed by atoms with van der Waals surface area (Å²) in [6.45, 7) is 14.7. The molecule has 0 aliphatic rings. The highest BCUT2D eigenvalue weighted by Crippen LogP contribution is 2.15. The Bertz CT molecular complexity index is 341. The lowest BCUT2D eigenvalue weighted by atomic mass is 10.0. The molecule has 2 unspecified atom stereocenters. The van der Waals surface area contributed by atoms with Gasteiger partial charge >= 0.3 is 0 Å². The van der Waals surface area contributed by atoms with E-state index in [0.717, 1.165) is 30.9 Å². The van der Waals surface area contributed by atoms with Crippen LogP contribution in [0.4, 0.5) is 0 Å². The third-order valence-corrected chi connectivity index (χ3v) is 5.21. The number of nitrogens with one attached hydrogen (secondary N) is 1. The number of hydrogen-bond donors (Lipinski definition) is 2. The van der Waals surface area contributed by atoms with Gasteiger partial charge in [-0.25, -0.2) is 0 Å². The van der Waals surface area contributed by atoms with Crippen molar-refractivity contribution in [1.82, 2.24) is 5.32 Å². The fourth-order valence-corrected chi connectivity index (χ4v) is 3.48. The van der Waals surface area contributed by atoms with Crippen LogP contribution in [0.2, 0.25) is 0 Å². The van der Waals surface area contributed by atoms with Gasteiger partial charge in [-0.05, 0) is 39.2 Å². The molecule has 0 saturated carbocycles. The van der Waals surface area contributed by atoms with Gasteiger partial charge in [0.15, 0.2) is 0 Å². The van der Waals surface area contributed by atoms with E-state index in [0.29, 0.717) is 19.3 Å². The highest BCUT2D eigenvalue weighted by atomic mass is 16.5. The van der Waals surface area contributed by atoms with Crippen LogP contribution in [-0.2, 0) is 4.74 Å². The molecule has 3 heteroatoms. The quantitative estimate of drug-likeness (QED) is 0.168. The van der Waals surface area contributed by atoms with Crippen molar-refractivity contribution in [1.29, 1.82) is 0 Å². The first-order valence-electron chi connectivity index (χ1n) is 12.1. The molecule has 0 aliphatic carbocycles. The van der Waals surface area contributed by atoms with E-state index in [-0.39, 0.29) is 6.10 Å². The Kier molecular flexibility index (Phi) is 19.6. The van der Waals surface area contributed by atoms with Crippen LogP contribution in [0.15, 0.2) is 12.2 Å². The van der Waals surface area contributed by atoms with E-state index in [1.54, 1.807) is 0 Å². The molecule has 0 saturated heterocycles. The summed E-state index contributed by atoms with van der Waals surface area (Å²) in [5.41, 5.74) is 1.09. The maximum Gasteiger partial charge on any atom is 0.0675 e. The van der Waals surface area contributed by atoms with E-state index in [4.69, 9.17) is 4.74 Å². The molecular formula is C25H51NO2. The SMILES string of the molecule is C=C(C)COC(CCCCCCCCCCCCC(C)C)CCNCC(C)O. The highest BCUT2D eigenvalue weighted by Gasteiger charge is 2.09. The predicted octanol–water partition coefficient (Wildman–Crippen LogP) is 6.65. The molecule has 0 aromatic heterocycles. The van der Waals surface area contributed by atoms with Crippen LogP contribution in [-0.4, -0.2) is 37.0 Å². The normalized spacial score (nSPS) is 13.8. The number of hydrogen-bond acceptors (Lipinski definition) is 3. The number of unbranched alkanes of at least 4 members (excludes halogenated alkanes) is 9. The minimum atomic E-state index is -0.283. The summed E-state index contributed by atoms with van der Waals surface area (Å²) < 4.78 is 6.02. The van der Waals surface area contributed by atoms with E-state index >= 15 is 0 Å². The summed E-state index contributed by atoms with van der Waals surface area (Å²) in [5.74, 6) is 0.867. The highest BCUT2D eigenvalue weighted by molar-refractivity contribution is 4.87. The van der Waals surface area contributed by atoms with Crippen LogP contribution in [0, 0.1) is 5.92 Å². The lowest BCUT2D eigenvalue weighted by molar-refractivity contribution is 0.0547. The minimum absolute atomic E-state index is 0.283. The lowest BCUT2D eigenvalue weighted by Crippen LogP contribution is -2.28. The molecule has 0 spiro atoms. The molecule has 2 N–H and O–H groups in total. The largest absolute Gasteiger partial charge is 0.392 e. The molecule has 0 aromatic carbocycles. The van der Waals surface area contributed by atoms with Crippen molar-refractivity contribution in [3.05, 3.63) is 12.2 Å². The van der Waals surface area contributed by atoms with Crippen molar-refractivity contribution in [3.8, 4) is 0 Å². The van der Waals surface area contributed by atoms with Crippen molar-refractivity contribution < 1.29 is 9.84 Å². The standard InChI is InChI=1S/C25H51NO2/c1-22(2)16-14-12-10-8-6-7-9-11-13-15-17-25(28-21-23(3)4)18-19-26-20-24(5)27/h22,24-27H,3,6-21H2,1-2,4-5H3. The van der Waals surface area contributed by atoms with Crippen molar-refractivity contribution in [2.24, 2.45) is 5.92 Å². The summed E-state index contributed by atoms with van der Waals surface area (Å²) in [6, 6.07) is 0. The second kappa shape index (κ2) is 19.9. The zero-order valence-electron chi connectivity index (χ0n) is 19.6. The summed E-state index contributed by atoms with van der Waals surface area (Å²) in [4.78, 5) is 0. The molecule has 0 fully saturated rings. The molecule has 0 rings (SSSR count). The number of rotatable bonds is 21. The molecule has 0 aromatic rings. The average molecular weight is 398 g/mol. The molecule has 168 valence electrons. The Morgan fingerprint density at radius 2 is 1.32 bits per heavy atom. The van der Waals surface area contributed by atoms with Crippen LogP contribution in [0.1, 0.15) is 111 Å². The summed E-state index contributed by atoms with van der Waals surface area (Å²) in [5, 5.41) is 12.6. The molecule has 0 amide bonds. The van der Waals surface area contributed by atoms with Gasteiger partial charge in [-0.3, -0.25) is 0 Å². The number of aliphatic hydroxyl groups excluding tert-OH is 1. The van der Waals surface area contributed by atoms with Crippen LogP contribution in [0.5, 0.6) is 0 Å². The third-order valence-electron chi connectivity index (χ3n) is 5.21. The monoisotopic (exact) mass is 397 g/mol. The Balaban J connectivity index is 3.59. The molecule has 2 atom stereocenters. The van der Waals surface area contributed by atoms with E-state index in [9.17, 15) is 5.11 Å². The molecular weight excluding hydrogens is 346 g/mol. The Labute approximate surface area is 176 Å². The predicted molar refractivity (Wildman–Crippen MR) is 124 cm³/mol. The van der Waals surface area contributed by atoms with E-state index in [1.165, 1.54) is 70.6 Å². The van der Waals surface area contributed by atoms with Crippen molar-refractivity contribution in [3.63, 3.8) is 0 Å². The van der Waals surface area contributed by atoms with E-state index in [1.807, 2.05) is 13.8 Å². The lowest BCUT2D eigenvalue weighted by Gasteiger charge is -2.19. The van der Waals surface area contributed by atoms with Gasteiger partial charge in [0, 0.05) is 6.54 Å². The first-order valence-corrected chi connectivity index (χ1v) is 12.1. The zero-order valence-corrected chi connectivity index (χ0v) is 19.6. The molecule has 0 radical (unpaired) electrons. The Hall–Kier alpha value is -0.380. The van der Waals surface area contributed by atoms with Gasteiger partial charge in [0.25, 0.3) is 0 Å².